The number of hydrogen-bond acceptors (Lipinski definition) is 1. The van der Waals surface area contributed by atoms with Crippen molar-refractivity contribution >= 4 is 10.8 Å². The highest BCUT2D eigenvalue weighted by Gasteiger charge is 2.04. The first-order valence-electron chi connectivity index (χ1n) is 3.90. The highest BCUT2D eigenvalue weighted by atomic mass is 19.1. The van der Waals surface area contributed by atoms with Gasteiger partial charge in [-0.15, -0.1) is 0 Å². The predicted octanol–water partition coefficient (Wildman–Crippen LogP) is 2.85. The third-order valence-corrected chi connectivity index (χ3v) is 1.98. The molecular weight excluding hydrogens is 165 g/mol. The van der Waals surface area contributed by atoms with Gasteiger partial charge < -0.3 is 0 Å². The van der Waals surface area contributed by atoms with Gasteiger partial charge in [0, 0.05) is 5.39 Å². The highest BCUT2D eigenvalue weighted by molar-refractivity contribution is 5.84. The summed E-state index contributed by atoms with van der Waals surface area (Å²) in [7, 11) is 0. The molecule has 2 heteroatoms. The molecule has 0 unspecified atom stereocenters. The average molecular weight is 171 g/mol. The third kappa shape index (κ3) is 1.15. The van der Waals surface area contributed by atoms with E-state index in [4.69, 9.17) is 5.26 Å². The quantitative estimate of drug-likeness (QED) is 0.597. The summed E-state index contributed by atoms with van der Waals surface area (Å²) in [5, 5.41) is 9.91. The molecular formula is C11H6FN. The third-order valence-electron chi connectivity index (χ3n) is 1.98. The van der Waals surface area contributed by atoms with Gasteiger partial charge in [-0.2, -0.15) is 5.26 Å². The molecule has 0 spiro atoms. The van der Waals surface area contributed by atoms with E-state index in [9.17, 15) is 4.39 Å². The van der Waals surface area contributed by atoms with E-state index in [0.29, 0.717) is 5.39 Å². The Labute approximate surface area is 75.0 Å². The second kappa shape index (κ2) is 2.87. The highest BCUT2D eigenvalue weighted by Crippen LogP contribution is 2.19. The van der Waals surface area contributed by atoms with Crippen LogP contribution in [0.15, 0.2) is 36.4 Å². The van der Waals surface area contributed by atoms with E-state index < -0.39 is 5.82 Å². The Hall–Kier alpha value is -1.88. The summed E-state index contributed by atoms with van der Waals surface area (Å²) < 4.78 is 13.4. The fraction of sp³-hybridized carbons (Fsp3) is 0. The van der Waals surface area contributed by atoms with Crippen LogP contribution in [0.4, 0.5) is 4.39 Å². The number of rotatable bonds is 0. The van der Waals surface area contributed by atoms with Crippen molar-refractivity contribution < 1.29 is 4.39 Å². The summed E-state index contributed by atoms with van der Waals surface area (Å²) in [6.45, 7) is 0. The van der Waals surface area contributed by atoms with Gasteiger partial charge in [-0.3, -0.25) is 0 Å². The van der Waals surface area contributed by atoms with E-state index in [1.54, 1.807) is 18.2 Å². The van der Waals surface area contributed by atoms with E-state index in [1.165, 1.54) is 6.07 Å². The lowest BCUT2D eigenvalue weighted by Crippen LogP contribution is -1.84. The van der Waals surface area contributed by atoms with Crippen molar-refractivity contribution in [2.45, 2.75) is 0 Å². The molecule has 1 nitrogen and oxygen atoms in total. The van der Waals surface area contributed by atoms with Crippen LogP contribution in [-0.4, -0.2) is 0 Å². The van der Waals surface area contributed by atoms with Crippen LogP contribution in [-0.2, 0) is 0 Å². The molecule has 13 heavy (non-hydrogen) atoms. The summed E-state index contributed by atoms with van der Waals surface area (Å²) in [6.07, 6.45) is 0. The molecule has 0 aliphatic carbocycles. The molecule has 0 atom stereocenters. The van der Waals surface area contributed by atoms with Gasteiger partial charge in [0.05, 0.1) is 5.56 Å². The molecule has 0 bridgehead atoms. The van der Waals surface area contributed by atoms with Gasteiger partial charge >= 0.3 is 0 Å². The zero-order valence-corrected chi connectivity index (χ0v) is 6.79. The van der Waals surface area contributed by atoms with Crippen LogP contribution in [0.2, 0.25) is 0 Å². The predicted molar refractivity (Wildman–Crippen MR) is 48.6 cm³/mol. The van der Waals surface area contributed by atoms with Crippen molar-refractivity contribution in [3.8, 4) is 6.07 Å². The monoisotopic (exact) mass is 171 g/mol. The molecule has 2 aromatic carbocycles. The van der Waals surface area contributed by atoms with E-state index in [1.807, 2.05) is 18.2 Å². The number of nitrogens with zero attached hydrogens (tertiary/aromatic N) is 1. The minimum Gasteiger partial charge on any atom is -0.205 e. The lowest BCUT2D eigenvalue weighted by molar-refractivity contribution is 0.636. The summed E-state index contributed by atoms with van der Waals surface area (Å²) in [5.41, 5.74) is 0.0960. The van der Waals surface area contributed by atoms with Crippen LogP contribution < -0.4 is 0 Å². The Morgan fingerprint density at radius 2 is 1.85 bits per heavy atom. The first-order chi connectivity index (χ1) is 6.33. The topological polar surface area (TPSA) is 23.8 Å². The number of nitriles is 1. The van der Waals surface area contributed by atoms with Gasteiger partial charge in [0.1, 0.15) is 11.9 Å². The minimum atomic E-state index is -0.430. The van der Waals surface area contributed by atoms with Gasteiger partial charge in [-0.05, 0) is 11.5 Å². The maximum absolute atomic E-state index is 13.4. The number of fused-ring (bicyclic) bond motifs is 1. The molecule has 0 aromatic heterocycles. The van der Waals surface area contributed by atoms with Crippen LogP contribution in [0.5, 0.6) is 0 Å². The summed E-state index contributed by atoms with van der Waals surface area (Å²) in [6, 6.07) is 12.1. The molecule has 0 amide bonds. The molecule has 0 aliphatic rings. The fourth-order valence-corrected chi connectivity index (χ4v) is 1.32. The van der Waals surface area contributed by atoms with E-state index >= 15 is 0 Å². The standard InChI is InChI=1S/C11H6FN/c12-11-9(7-13)6-5-8-3-1-2-4-10(8)11/h1-6H. The summed E-state index contributed by atoms with van der Waals surface area (Å²) in [5.74, 6) is -0.430. The summed E-state index contributed by atoms with van der Waals surface area (Å²) >= 11 is 0. The number of benzene rings is 2. The fourth-order valence-electron chi connectivity index (χ4n) is 1.32. The second-order valence-corrected chi connectivity index (χ2v) is 2.76. The molecule has 0 heterocycles. The lowest BCUT2D eigenvalue weighted by Gasteiger charge is -1.99. The first kappa shape index (κ1) is 7.75. The van der Waals surface area contributed by atoms with E-state index in [2.05, 4.69) is 0 Å². The van der Waals surface area contributed by atoms with Crippen molar-refractivity contribution in [3.05, 3.63) is 47.8 Å². The second-order valence-electron chi connectivity index (χ2n) is 2.76. The molecule has 0 aliphatic heterocycles. The van der Waals surface area contributed by atoms with Crippen LogP contribution in [0, 0.1) is 17.1 Å². The van der Waals surface area contributed by atoms with Gasteiger partial charge in [-0.25, -0.2) is 4.39 Å². The Kier molecular flexibility index (Phi) is 1.71. The Balaban J connectivity index is 2.89. The zero-order valence-electron chi connectivity index (χ0n) is 6.79. The maximum Gasteiger partial charge on any atom is 0.148 e. The normalized spacial score (nSPS) is 9.85. The van der Waals surface area contributed by atoms with Crippen molar-refractivity contribution in [1.82, 2.24) is 0 Å². The van der Waals surface area contributed by atoms with Crippen LogP contribution in [0.3, 0.4) is 0 Å². The summed E-state index contributed by atoms with van der Waals surface area (Å²) in [4.78, 5) is 0. The lowest BCUT2D eigenvalue weighted by atomic mass is 10.1. The molecule has 0 fully saturated rings. The van der Waals surface area contributed by atoms with E-state index in [0.717, 1.165) is 5.39 Å². The molecule has 0 N–H and O–H groups in total. The average Bonchev–Trinajstić information content (AvgIpc) is 2.19. The number of hydrogen-bond donors (Lipinski definition) is 0. The van der Waals surface area contributed by atoms with Gasteiger partial charge in [0.2, 0.25) is 0 Å². The molecule has 62 valence electrons. The van der Waals surface area contributed by atoms with Crippen LogP contribution >= 0.6 is 0 Å². The van der Waals surface area contributed by atoms with Gasteiger partial charge in [-0.1, -0.05) is 30.3 Å². The van der Waals surface area contributed by atoms with Crippen molar-refractivity contribution in [3.63, 3.8) is 0 Å². The molecule has 0 saturated carbocycles. The van der Waals surface area contributed by atoms with Crippen molar-refractivity contribution in [1.29, 1.82) is 5.26 Å². The number of halogens is 1. The van der Waals surface area contributed by atoms with Gasteiger partial charge in [0.25, 0.3) is 0 Å². The van der Waals surface area contributed by atoms with E-state index in [-0.39, 0.29) is 5.56 Å². The zero-order chi connectivity index (χ0) is 9.26. The molecule has 0 saturated heterocycles. The van der Waals surface area contributed by atoms with Crippen LogP contribution in [0.25, 0.3) is 10.8 Å². The SMILES string of the molecule is N#Cc1ccc2ccccc2c1F. The molecule has 2 rings (SSSR count). The Bertz CT molecular complexity index is 497. The van der Waals surface area contributed by atoms with Crippen molar-refractivity contribution in [2.24, 2.45) is 0 Å². The molecule has 0 radical (unpaired) electrons. The smallest absolute Gasteiger partial charge is 0.148 e. The van der Waals surface area contributed by atoms with Crippen molar-refractivity contribution in [2.75, 3.05) is 0 Å². The minimum absolute atomic E-state index is 0.0960. The maximum atomic E-state index is 13.4. The Morgan fingerprint density at radius 1 is 1.08 bits per heavy atom. The largest absolute Gasteiger partial charge is 0.205 e. The van der Waals surface area contributed by atoms with Gasteiger partial charge in [0.15, 0.2) is 0 Å². The molecule has 2 aromatic rings. The first-order valence-corrected chi connectivity index (χ1v) is 3.90. The Morgan fingerprint density at radius 3 is 2.62 bits per heavy atom. The van der Waals surface area contributed by atoms with Crippen LogP contribution in [0.1, 0.15) is 5.56 Å².